The van der Waals surface area contributed by atoms with E-state index in [0.717, 1.165) is 43.8 Å². The molecule has 1 aliphatic rings. The molecule has 176 valence electrons. The van der Waals surface area contributed by atoms with Gasteiger partial charge in [0.15, 0.2) is 4.34 Å². The van der Waals surface area contributed by atoms with Crippen molar-refractivity contribution in [3.8, 4) is 0 Å². The van der Waals surface area contributed by atoms with Crippen LogP contribution >= 0.6 is 34.7 Å². The Labute approximate surface area is 202 Å². The molecule has 2 aromatic rings. The van der Waals surface area contributed by atoms with Crippen LogP contribution < -0.4 is 10.6 Å². The Balaban J connectivity index is 1.64. The molecule has 2 heterocycles. The lowest BCUT2D eigenvalue weighted by Crippen LogP contribution is -2.35. The number of carbonyl (C=O) groups excluding carboxylic acids is 1. The first-order valence-corrected chi connectivity index (χ1v) is 14.2. The quantitative estimate of drug-likeness (QED) is 0.347. The molecule has 1 aliphatic heterocycles. The fourth-order valence-electron chi connectivity index (χ4n) is 3.15. The summed E-state index contributed by atoms with van der Waals surface area (Å²) in [4.78, 5) is 12.9. The highest BCUT2D eigenvalue weighted by Crippen LogP contribution is 2.31. The van der Waals surface area contributed by atoms with Crippen LogP contribution in [-0.4, -0.2) is 53.7 Å². The van der Waals surface area contributed by atoms with Crippen molar-refractivity contribution in [1.29, 1.82) is 0 Å². The van der Waals surface area contributed by atoms with Gasteiger partial charge in [0.2, 0.25) is 21.1 Å². The number of carbonyl (C=O) groups is 1. The van der Waals surface area contributed by atoms with Crippen LogP contribution in [0.25, 0.3) is 0 Å². The SMILES string of the molecule is CCCCNc1nnc(SC(C)C(=O)Nc2cc(S(=O)(=O)N3CCCCC3)ccc2Cl)s1. The number of hydrogen-bond acceptors (Lipinski definition) is 8. The minimum atomic E-state index is -3.62. The maximum atomic E-state index is 13.0. The summed E-state index contributed by atoms with van der Waals surface area (Å²) in [6.45, 7) is 5.73. The fraction of sp³-hybridized carbons (Fsp3) is 0.550. The number of sulfonamides is 1. The summed E-state index contributed by atoms with van der Waals surface area (Å²) in [7, 11) is -3.62. The number of thioether (sulfide) groups is 1. The van der Waals surface area contributed by atoms with E-state index in [1.807, 2.05) is 0 Å². The maximum absolute atomic E-state index is 13.0. The Kier molecular flexibility index (Phi) is 9.18. The average Bonchev–Trinajstić information content (AvgIpc) is 3.23. The number of halogens is 1. The van der Waals surface area contributed by atoms with E-state index in [9.17, 15) is 13.2 Å². The first-order chi connectivity index (χ1) is 15.3. The number of nitrogens with one attached hydrogen (secondary N) is 2. The van der Waals surface area contributed by atoms with Gasteiger partial charge in [-0.05, 0) is 44.4 Å². The van der Waals surface area contributed by atoms with Gasteiger partial charge in [-0.3, -0.25) is 4.79 Å². The Bertz CT molecular complexity index is 1030. The van der Waals surface area contributed by atoms with E-state index < -0.39 is 15.3 Å². The largest absolute Gasteiger partial charge is 0.360 e. The molecule has 12 heteroatoms. The van der Waals surface area contributed by atoms with E-state index in [1.165, 1.54) is 45.6 Å². The number of rotatable bonds is 10. The molecule has 1 unspecified atom stereocenters. The van der Waals surface area contributed by atoms with Crippen LogP contribution in [0.1, 0.15) is 46.0 Å². The third kappa shape index (κ3) is 6.57. The van der Waals surface area contributed by atoms with Crippen LogP contribution in [0.5, 0.6) is 0 Å². The van der Waals surface area contributed by atoms with Gasteiger partial charge >= 0.3 is 0 Å². The van der Waals surface area contributed by atoms with Gasteiger partial charge < -0.3 is 10.6 Å². The molecule has 0 saturated carbocycles. The number of piperidine rings is 1. The normalized spacial score (nSPS) is 16.0. The summed E-state index contributed by atoms with van der Waals surface area (Å²) in [5.74, 6) is -0.292. The average molecular weight is 518 g/mol. The minimum absolute atomic E-state index is 0.131. The van der Waals surface area contributed by atoms with Gasteiger partial charge in [-0.2, -0.15) is 4.31 Å². The van der Waals surface area contributed by atoms with Crippen molar-refractivity contribution in [2.75, 3.05) is 30.3 Å². The lowest BCUT2D eigenvalue weighted by molar-refractivity contribution is -0.115. The van der Waals surface area contributed by atoms with E-state index in [2.05, 4.69) is 27.8 Å². The Morgan fingerprint density at radius 3 is 2.75 bits per heavy atom. The molecule has 1 fully saturated rings. The third-order valence-corrected chi connectivity index (χ3v) is 9.30. The fourth-order valence-corrected chi connectivity index (χ4v) is 6.79. The standard InChI is InChI=1S/C20H28ClN5O3S3/c1-3-4-10-22-19-24-25-20(31-19)30-14(2)18(27)23-17-13-15(8-9-16(17)21)32(28,29)26-11-6-5-7-12-26/h8-9,13-14H,3-7,10-12H2,1-2H3,(H,22,24)(H,23,27). The van der Waals surface area contributed by atoms with Crippen molar-refractivity contribution in [3.63, 3.8) is 0 Å². The van der Waals surface area contributed by atoms with E-state index in [0.29, 0.717) is 17.4 Å². The van der Waals surface area contributed by atoms with Crippen molar-refractivity contribution in [2.45, 2.75) is 60.4 Å². The second-order valence-electron chi connectivity index (χ2n) is 7.51. The predicted octanol–water partition coefficient (Wildman–Crippen LogP) is 4.70. The number of aromatic nitrogens is 2. The smallest absolute Gasteiger partial charge is 0.243 e. The second-order valence-corrected chi connectivity index (χ2v) is 12.4. The number of unbranched alkanes of at least 4 members (excludes halogenated alkanes) is 1. The second kappa shape index (κ2) is 11.6. The Morgan fingerprint density at radius 2 is 2.03 bits per heavy atom. The zero-order valence-electron chi connectivity index (χ0n) is 18.1. The number of anilines is 2. The van der Waals surface area contributed by atoms with Gasteiger partial charge in [0, 0.05) is 19.6 Å². The minimum Gasteiger partial charge on any atom is -0.360 e. The van der Waals surface area contributed by atoms with Crippen LogP contribution in [0.2, 0.25) is 5.02 Å². The predicted molar refractivity (Wildman–Crippen MR) is 131 cm³/mol. The molecule has 32 heavy (non-hydrogen) atoms. The first kappa shape index (κ1) is 25.2. The molecule has 1 atom stereocenters. The summed E-state index contributed by atoms with van der Waals surface area (Å²) < 4.78 is 28.1. The van der Waals surface area contributed by atoms with Gasteiger partial charge in [0.05, 0.1) is 20.9 Å². The van der Waals surface area contributed by atoms with E-state index >= 15 is 0 Å². The number of nitrogens with zero attached hydrogens (tertiary/aromatic N) is 3. The van der Waals surface area contributed by atoms with Crippen LogP contribution in [0, 0.1) is 0 Å². The number of hydrogen-bond donors (Lipinski definition) is 2. The summed E-state index contributed by atoms with van der Waals surface area (Å²) in [5, 5.41) is 14.7. The molecule has 0 spiro atoms. The van der Waals surface area contributed by atoms with Gasteiger partial charge in [-0.1, -0.05) is 54.5 Å². The van der Waals surface area contributed by atoms with Crippen LogP contribution in [0.4, 0.5) is 10.8 Å². The van der Waals surface area contributed by atoms with Crippen molar-refractivity contribution < 1.29 is 13.2 Å². The Hall–Kier alpha value is -1.40. The molecule has 1 amide bonds. The lowest BCUT2D eigenvalue weighted by atomic mass is 10.2. The van der Waals surface area contributed by atoms with Crippen LogP contribution in [0.3, 0.4) is 0 Å². The molecule has 8 nitrogen and oxygen atoms in total. The first-order valence-electron chi connectivity index (χ1n) is 10.7. The third-order valence-electron chi connectivity index (χ3n) is 5.01. The zero-order valence-corrected chi connectivity index (χ0v) is 21.3. The van der Waals surface area contributed by atoms with Gasteiger partial charge in [-0.15, -0.1) is 10.2 Å². The molecule has 0 bridgehead atoms. The highest BCUT2D eigenvalue weighted by atomic mass is 35.5. The van der Waals surface area contributed by atoms with Crippen molar-refractivity contribution >= 4 is 61.4 Å². The van der Waals surface area contributed by atoms with Crippen molar-refractivity contribution in [2.24, 2.45) is 0 Å². The highest BCUT2D eigenvalue weighted by molar-refractivity contribution is 8.02. The number of benzene rings is 1. The Morgan fingerprint density at radius 1 is 1.28 bits per heavy atom. The van der Waals surface area contributed by atoms with Crippen LogP contribution in [-0.2, 0) is 14.8 Å². The molecule has 0 radical (unpaired) electrons. The summed E-state index contributed by atoms with van der Waals surface area (Å²) in [6, 6.07) is 4.42. The van der Waals surface area contributed by atoms with E-state index in [-0.39, 0.29) is 21.5 Å². The highest BCUT2D eigenvalue weighted by Gasteiger charge is 2.27. The molecule has 0 aliphatic carbocycles. The van der Waals surface area contributed by atoms with Gasteiger partial charge in [0.1, 0.15) is 0 Å². The molecule has 1 saturated heterocycles. The molecule has 3 rings (SSSR count). The molecule has 2 N–H and O–H groups in total. The maximum Gasteiger partial charge on any atom is 0.243 e. The lowest BCUT2D eigenvalue weighted by Gasteiger charge is -2.26. The van der Waals surface area contributed by atoms with E-state index in [1.54, 1.807) is 6.92 Å². The summed E-state index contributed by atoms with van der Waals surface area (Å²) in [5.41, 5.74) is 0.279. The molecular formula is C20H28ClN5O3S3. The summed E-state index contributed by atoms with van der Waals surface area (Å²) in [6.07, 6.45) is 4.88. The van der Waals surface area contributed by atoms with E-state index in [4.69, 9.17) is 11.6 Å². The van der Waals surface area contributed by atoms with Gasteiger partial charge in [-0.25, -0.2) is 8.42 Å². The van der Waals surface area contributed by atoms with Crippen LogP contribution in [0.15, 0.2) is 27.4 Å². The topological polar surface area (TPSA) is 104 Å². The van der Waals surface area contributed by atoms with Gasteiger partial charge in [0.25, 0.3) is 0 Å². The zero-order chi connectivity index (χ0) is 23.1. The monoisotopic (exact) mass is 517 g/mol. The van der Waals surface area contributed by atoms with Crippen molar-refractivity contribution in [1.82, 2.24) is 14.5 Å². The molecule has 1 aromatic heterocycles. The summed E-state index contributed by atoms with van der Waals surface area (Å²) >= 11 is 8.94. The molecular weight excluding hydrogens is 490 g/mol. The van der Waals surface area contributed by atoms with Crippen molar-refractivity contribution in [3.05, 3.63) is 23.2 Å². The molecule has 1 aromatic carbocycles. The number of amides is 1.